The maximum atomic E-state index is 13.1. The molecule has 3 aromatic rings. The summed E-state index contributed by atoms with van der Waals surface area (Å²) in [6, 6.07) is 4.80. The molecule has 0 bridgehead atoms. The Labute approximate surface area is 149 Å². The van der Waals surface area contributed by atoms with Crippen LogP contribution in [0.5, 0.6) is 6.01 Å². The second kappa shape index (κ2) is 7.25. The molecule has 27 heavy (non-hydrogen) atoms. The van der Waals surface area contributed by atoms with Crippen molar-refractivity contribution in [2.45, 2.75) is 25.6 Å². The quantitative estimate of drug-likeness (QED) is 0.596. The van der Waals surface area contributed by atoms with Gasteiger partial charge in [0, 0.05) is 18.0 Å². The summed E-state index contributed by atoms with van der Waals surface area (Å²) in [4.78, 5) is 7.67. The Kier molecular flexibility index (Phi) is 5.02. The number of rotatable bonds is 5. The smallest absolute Gasteiger partial charge is 0.416 e. The lowest BCUT2D eigenvalue weighted by molar-refractivity contribution is -0.139. The summed E-state index contributed by atoms with van der Waals surface area (Å²) in [5.74, 6) is -1.06. The van der Waals surface area contributed by atoms with Gasteiger partial charge in [-0.3, -0.25) is 0 Å². The van der Waals surface area contributed by atoms with Crippen LogP contribution in [0, 0.1) is 0 Å². The van der Waals surface area contributed by atoms with Crippen molar-refractivity contribution in [3.05, 3.63) is 53.7 Å². The molecule has 1 aromatic carbocycles. The van der Waals surface area contributed by atoms with Crippen LogP contribution < -0.4 is 4.74 Å². The minimum atomic E-state index is -4.53. The molecular weight excluding hydrogens is 375 g/mol. The second-order valence-electron chi connectivity index (χ2n) is 5.35. The van der Waals surface area contributed by atoms with Gasteiger partial charge in [-0.25, -0.2) is 9.97 Å². The van der Waals surface area contributed by atoms with Crippen molar-refractivity contribution in [2.75, 3.05) is 0 Å². The first kappa shape index (κ1) is 18.7. The number of benzene rings is 1. The highest BCUT2D eigenvalue weighted by molar-refractivity contribution is 5.49. The van der Waals surface area contributed by atoms with Gasteiger partial charge in [-0.1, -0.05) is 18.2 Å². The van der Waals surface area contributed by atoms with Crippen LogP contribution in [-0.2, 0) is 6.18 Å². The normalized spacial score (nSPS) is 13.0. The summed E-state index contributed by atoms with van der Waals surface area (Å²) in [7, 11) is 0. The first-order valence-electron chi connectivity index (χ1n) is 7.52. The number of ether oxygens (including phenoxy) is 1. The summed E-state index contributed by atoms with van der Waals surface area (Å²) in [5.41, 5.74) is -0.735. The monoisotopic (exact) mass is 386 g/mol. The Morgan fingerprint density at radius 3 is 2.30 bits per heavy atom. The second-order valence-corrected chi connectivity index (χ2v) is 5.35. The Morgan fingerprint density at radius 2 is 1.70 bits per heavy atom. The Hall–Kier alpha value is -3.11. The average Bonchev–Trinajstić information content (AvgIpc) is 3.12. The lowest BCUT2D eigenvalue weighted by Gasteiger charge is -2.18. The molecule has 0 aliphatic rings. The van der Waals surface area contributed by atoms with Gasteiger partial charge < -0.3 is 9.15 Å². The van der Waals surface area contributed by atoms with E-state index in [1.54, 1.807) is 0 Å². The Bertz CT molecular complexity index is 912. The fourth-order valence-corrected chi connectivity index (χ4v) is 2.26. The molecule has 3 rings (SSSR count). The van der Waals surface area contributed by atoms with Gasteiger partial charge in [0.05, 0.1) is 11.1 Å². The topological polar surface area (TPSA) is 73.9 Å². The minimum absolute atomic E-state index is 0.0730. The van der Waals surface area contributed by atoms with Gasteiger partial charge in [0.1, 0.15) is 6.10 Å². The van der Waals surface area contributed by atoms with E-state index in [1.807, 2.05) is 0 Å². The number of hydrogen-bond acceptors (Lipinski definition) is 6. The minimum Gasteiger partial charge on any atom is -0.456 e. The highest BCUT2D eigenvalue weighted by Crippen LogP contribution is 2.35. The van der Waals surface area contributed by atoms with E-state index in [1.165, 1.54) is 37.5 Å². The molecule has 1 atom stereocenters. The Morgan fingerprint density at radius 1 is 1.04 bits per heavy atom. The molecule has 0 amide bonds. The van der Waals surface area contributed by atoms with Crippen LogP contribution in [0.15, 0.2) is 41.1 Å². The van der Waals surface area contributed by atoms with E-state index >= 15 is 0 Å². The SMILES string of the molecule is CC(Oc1ncc(-c2nnc(C(F)F)o2)cn1)c1ccccc1C(F)(F)F. The number of halogens is 5. The zero-order chi connectivity index (χ0) is 19.6. The van der Waals surface area contributed by atoms with Gasteiger partial charge in [-0.2, -0.15) is 22.0 Å². The van der Waals surface area contributed by atoms with E-state index in [4.69, 9.17) is 9.15 Å². The third-order valence-electron chi connectivity index (χ3n) is 3.49. The fourth-order valence-electron chi connectivity index (χ4n) is 2.26. The van der Waals surface area contributed by atoms with Gasteiger partial charge in [0.25, 0.3) is 11.8 Å². The number of hydrogen-bond donors (Lipinski definition) is 0. The van der Waals surface area contributed by atoms with E-state index in [9.17, 15) is 22.0 Å². The summed E-state index contributed by atoms with van der Waals surface area (Å²) in [6.07, 6.45) is -6.08. The molecule has 11 heteroatoms. The van der Waals surface area contributed by atoms with Crippen LogP contribution in [-0.4, -0.2) is 20.2 Å². The maximum absolute atomic E-state index is 13.1. The average molecular weight is 386 g/mol. The van der Waals surface area contributed by atoms with Crippen LogP contribution in [0.3, 0.4) is 0 Å². The third-order valence-corrected chi connectivity index (χ3v) is 3.49. The van der Waals surface area contributed by atoms with Gasteiger partial charge in [0.15, 0.2) is 0 Å². The van der Waals surface area contributed by atoms with Crippen molar-refractivity contribution in [3.63, 3.8) is 0 Å². The molecule has 0 aliphatic carbocycles. The number of nitrogens with zero attached hydrogens (tertiary/aromatic N) is 4. The largest absolute Gasteiger partial charge is 0.456 e. The molecule has 0 fully saturated rings. The van der Waals surface area contributed by atoms with Crippen LogP contribution in [0.4, 0.5) is 22.0 Å². The Balaban J connectivity index is 1.77. The van der Waals surface area contributed by atoms with Crippen LogP contribution in [0.2, 0.25) is 0 Å². The molecular formula is C16H11F5N4O2. The molecule has 1 unspecified atom stereocenters. The van der Waals surface area contributed by atoms with Gasteiger partial charge in [-0.05, 0) is 13.0 Å². The lowest BCUT2D eigenvalue weighted by Crippen LogP contribution is -2.14. The summed E-state index contributed by atoms with van der Waals surface area (Å²) in [6.45, 7) is 1.43. The van der Waals surface area contributed by atoms with Crippen LogP contribution in [0.25, 0.3) is 11.5 Å². The molecule has 0 saturated heterocycles. The molecule has 2 heterocycles. The van der Waals surface area contributed by atoms with Crippen molar-refractivity contribution in [3.8, 4) is 17.5 Å². The van der Waals surface area contributed by atoms with Crippen molar-refractivity contribution >= 4 is 0 Å². The van der Waals surface area contributed by atoms with Crippen LogP contribution in [0.1, 0.15) is 36.5 Å². The molecule has 142 valence electrons. The molecule has 0 aliphatic heterocycles. The van der Waals surface area contributed by atoms with E-state index in [0.29, 0.717) is 0 Å². The van der Waals surface area contributed by atoms with E-state index in [-0.39, 0.29) is 23.0 Å². The summed E-state index contributed by atoms with van der Waals surface area (Å²) >= 11 is 0. The molecule has 2 aromatic heterocycles. The predicted molar refractivity (Wildman–Crippen MR) is 80.8 cm³/mol. The molecule has 0 spiro atoms. The van der Waals surface area contributed by atoms with E-state index < -0.39 is 30.2 Å². The first-order valence-corrected chi connectivity index (χ1v) is 7.52. The van der Waals surface area contributed by atoms with Crippen molar-refractivity contribution in [1.29, 1.82) is 0 Å². The lowest BCUT2D eigenvalue weighted by atomic mass is 10.0. The van der Waals surface area contributed by atoms with E-state index in [0.717, 1.165) is 6.07 Å². The number of aromatic nitrogens is 4. The number of alkyl halides is 5. The van der Waals surface area contributed by atoms with Crippen molar-refractivity contribution in [1.82, 2.24) is 20.2 Å². The van der Waals surface area contributed by atoms with Crippen molar-refractivity contribution in [2.24, 2.45) is 0 Å². The van der Waals surface area contributed by atoms with Crippen molar-refractivity contribution < 1.29 is 31.1 Å². The first-order chi connectivity index (χ1) is 12.8. The predicted octanol–water partition coefficient (Wildman–Crippen LogP) is 4.62. The molecule has 0 saturated carbocycles. The van der Waals surface area contributed by atoms with E-state index in [2.05, 4.69) is 20.2 Å². The van der Waals surface area contributed by atoms with Gasteiger partial charge in [-0.15, -0.1) is 10.2 Å². The zero-order valence-corrected chi connectivity index (χ0v) is 13.6. The van der Waals surface area contributed by atoms with Gasteiger partial charge in [0.2, 0.25) is 0 Å². The third kappa shape index (κ3) is 4.18. The summed E-state index contributed by atoms with van der Waals surface area (Å²) < 4.78 is 74.3. The fraction of sp³-hybridized carbons (Fsp3) is 0.250. The standard InChI is InChI=1S/C16H11F5N4O2/c1-8(10-4-2-3-5-11(10)16(19,20)21)26-15-22-6-9(7-23-15)13-24-25-14(27-13)12(17)18/h2-8,12H,1H3. The highest BCUT2D eigenvalue weighted by atomic mass is 19.4. The molecule has 0 radical (unpaired) electrons. The zero-order valence-electron chi connectivity index (χ0n) is 13.6. The molecule has 0 N–H and O–H groups in total. The highest BCUT2D eigenvalue weighted by Gasteiger charge is 2.34. The van der Waals surface area contributed by atoms with Gasteiger partial charge >= 0.3 is 18.6 Å². The molecule has 6 nitrogen and oxygen atoms in total. The maximum Gasteiger partial charge on any atom is 0.416 e. The van der Waals surface area contributed by atoms with Crippen LogP contribution >= 0.6 is 0 Å². The summed E-state index contributed by atoms with van der Waals surface area (Å²) in [5, 5.41) is 6.62.